The van der Waals surface area contributed by atoms with E-state index in [0.29, 0.717) is 6.54 Å². The molecule has 0 saturated carbocycles. The number of benzene rings is 1. The van der Waals surface area contributed by atoms with Crippen LogP contribution in [0.25, 0.3) is 0 Å². The predicted octanol–water partition coefficient (Wildman–Crippen LogP) is 2.44. The first kappa shape index (κ1) is 16.0. The van der Waals surface area contributed by atoms with Crippen molar-refractivity contribution in [3.63, 3.8) is 0 Å². The fourth-order valence-corrected chi connectivity index (χ4v) is 2.47. The van der Waals surface area contributed by atoms with E-state index in [9.17, 15) is 17.2 Å². The number of hydrogen-bond donors (Lipinski definition) is 1. The van der Waals surface area contributed by atoms with Crippen LogP contribution >= 0.6 is 0 Å². The number of sulfone groups is 1. The molecule has 19 heavy (non-hydrogen) atoms. The van der Waals surface area contributed by atoms with Crippen LogP contribution in [0.3, 0.4) is 0 Å². The largest absolute Gasteiger partial charge is 0.310 e. The number of hydrogen-bond acceptors (Lipinski definition) is 3. The second-order valence-corrected chi connectivity index (χ2v) is 6.83. The lowest BCUT2D eigenvalue weighted by Gasteiger charge is -2.19. The van der Waals surface area contributed by atoms with E-state index in [4.69, 9.17) is 0 Å². The topological polar surface area (TPSA) is 46.2 Å². The van der Waals surface area contributed by atoms with Crippen LogP contribution in [0.4, 0.5) is 8.78 Å². The van der Waals surface area contributed by atoms with Gasteiger partial charge in [0.05, 0.1) is 5.75 Å². The van der Waals surface area contributed by atoms with E-state index in [-0.39, 0.29) is 17.7 Å². The van der Waals surface area contributed by atoms with Crippen LogP contribution in [-0.4, -0.2) is 27.0 Å². The smallest absolute Gasteiger partial charge is 0.163 e. The van der Waals surface area contributed by atoms with Crippen molar-refractivity contribution in [2.24, 2.45) is 0 Å². The molecule has 0 aliphatic rings. The second kappa shape index (κ2) is 6.96. The molecule has 1 aromatic carbocycles. The minimum absolute atomic E-state index is 0.0651. The highest BCUT2D eigenvalue weighted by molar-refractivity contribution is 7.90. The van der Waals surface area contributed by atoms with Gasteiger partial charge in [-0.2, -0.15) is 0 Å². The van der Waals surface area contributed by atoms with Crippen molar-refractivity contribution < 1.29 is 17.2 Å². The molecule has 0 aromatic heterocycles. The summed E-state index contributed by atoms with van der Waals surface area (Å²) in [6, 6.07) is 3.46. The third-order valence-corrected chi connectivity index (χ3v) is 3.75. The molecule has 108 valence electrons. The van der Waals surface area contributed by atoms with Crippen LogP contribution in [0, 0.1) is 11.6 Å². The Morgan fingerprint density at radius 1 is 1.32 bits per heavy atom. The van der Waals surface area contributed by atoms with E-state index in [2.05, 4.69) is 5.32 Å². The lowest BCUT2D eigenvalue weighted by molar-refractivity contribution is 0.454. The molecule has 0 heterocycles. The third kappa shape index (κ3) is 5.24. The quantitative estimate of drug-likeness (QED) is 0.839. The van der Waals surface area contributed by atoms with E-state index in [1.165, 1.54) is 12.1 Å². The normalized spacial score (nSPS) is 13.5. The molecule has 0 spiro atoms. The molecule has 1 rings (SSSR count). The summed E-state index contributed by atoms with van der Waals surface area (Å²) in [5.41, 5.74) is 0.178. The first-order chi connectivity index (χ1) is 8.85. The molecular weight excluding hydrogens is 272 g/mol. The van der Waals surface area contributed by atoms with Gasteiger partial charge in [-0.25, -0.2) is 17.2 Å². The summed E-state index contributed by atoms with van der Waals surface area (Å²) in [6.07, 6.45) is 2.18. The summed E-state index contributed by atoms with van der Waals surface area (Å²) in [7, 11) is -3.13. The van der Waals surface area contributed by atoms with Gasteiger partial charge in [-0.15, -0.1) is 0 Å². The van der Waals surface area contributed by atoms with Crippen molar-refractivity contribution in [1.29, 1.82) is 0 Å². The number of rotatable bonds is 7. The van der Waals surface area contributed by atoms with E-state index >= 15 is 0 Å². The molecule has 0 fully saturated rings. The highest BCUT2D eigenvalue weighted by Gasteiger charge is 2.19. The second-order valence-electron chi connectivity index (χ2n) is 4.57. The predicted molar refractivity (Wildman–Crippen MR) is 71.7 cm³/mol. The van der Waals surface area contributed by atoms with Gasteiger partial charge in [-0.3, -0.25) is 0 Å². The molecule has 1 atom stereocenters. The molecule has 0 aliphatic carbocycles. The average Bonchev–Trinajstić information content (AvgIpc) is 2.32. The van der Waals surface area contributed by atoms with Gasteiger partial charge in [0.1, 0.15) is 9.84 Å². The Kier molecular flexibility index (Phi) is 5.87. The third-order valence-electron chi connectivity index (χ3n) is 2.77. The van der Waals surface area contributed by atoms with Crippen molar-refractivity contribution in [1.82, 2.24) is 5.32 Å². The standard InChI is InChI=1S/C13H19F2NO2S/c1-3-8-16-12(7-9-19(2,17)18)10-5-4-6-11(14)13(10)15/h4-6,12,16H,3,7-9H2,1-2H3. The molecular formula is C13H19F2NO2S. The van der Waals surface area contributed by atoms with Gasteiger partial charge >= 0.3 is 0 Å². The van der Waals surface area contributed by atoms with Gasteiger partial charge in [0.15, 0.2) is 11.6 Å². The van der Waals surface area contributed by atoms with Crippen molar-refractivity contribution >= 4 is 9.84 Å². The molecule has 0 bridgehead atoms. The molecule has 0 saturated heterocycles. The number of halogens is 2. The molecule has 0 amide bonds. The fourth-order valence-electron chi connectivity index (χ4n) is 1.81. The fraction of sp³-hybridized carbons (Fsp3) is 0.538. The average molecular weight is 291 g/mol. The van der Waals surface area contributed by atoms with Crippen LogP contribution in [0.5, 0.6) is 0 Å². The Morgan fingerprint density at radius 3 is 2.58 bits per heavy atom. The minimum atomic E-state index is -3.13. The lowest BCUT2D eigenvalue weighted by atomic mass is 10.0. The maximum atomic E-state index is 13.7. The Labute approximate surface area is 112 Å². The summed E-state index contributed by atoms with van der Waals surface area (Å²) in [5.74, 6) is -1.89. The minimum Gasteiger partial charge on any atom is -0.310 e. The molecule has 1 aromatic rings. The van der Waals surface area contributed by atoms with Gasteiger partial charge in [-0.1, -0.05) is 19.1 Å². The molecule has 1 unspecified atom stereocenters. The summed E-state index contributed by atoms with van der Waals surface area (Å²) in [6.45, 7) is 2.56. The highest BCUT2D eigenvalue weighted by Crippen LogP contribution is 2.22. The highest BCUT2D eigenvalue weighted by atomic mass is 32.2. The van der Waals surface area contributed by atoms with Crippen molar-refractivity contribution in [2.75, 3.05) is 18.6 Å². The van der Waals surface area contributed by atoms with E-state index in [1.807, 2.05) is 6.92 Å². The van der Waals surface area contributed by atoms with Crippen LogP contribution in [0.2, 0.25) is 0 Å². The van der Waals surface area contributed by atoms with Crippen molar-refractivity contribution in [2.45, 2.75) is 25.8 Å². The van der Waals surface area contributed by atoms with E-state index in [1.54, 1.807) is 0 Å². The van der Waals surface area contributed by atoms with Crippen LogP contribution in [0.1, 0.15) is 31.4 Å². The van der Waals surface area contributed by atoms with Crippen LogP contribution < -0.4 is 5.32 Å². The molecule has 1 N–H and O–H groups in total. The van der Waals surface area contributed by atoms with Crippen LogP contribution in [-0.2, 0) is 9.84 Å². The Hall–Kier alpha value is -1.01. The van der Waals surface area contributed by atoms with E-state index < -0.39 is 27.5 Å². The first-order valence-electron chi connectivity index (χ1n) is 6.20. The number of nitrogens with one attached hydrogen (secondary N) is 1. The maximum Gasteiger partial charge on any atom is 0.163 e. The van der Waals surface area contributed by atoms with Crippen LogP contribution in [0.15, 0.2) is 18.2 Å². The van der Waals surface area contributed by atoms with Gasteiger partial charge in [0.25, 0.3) is 0 Å². The Balaban J connectivity index is 2.92. The molecule has 3 nitrogen and oxygen atoms in total. The summed E-state index contributed by atoms with van der Waals surface area (Å²) in [4.78, 5) is 0. The zero-order chi connectivity index (χ0) is 14.5. The zero-order valence-corrected chi connectivity index (χ0v) is 11.9. The van der Waals surface area contributed by atoms with Gasteiger partial charge in [0.2, 0.25) is 0 Å². The summed E-state index contributed by atoms with van der Waals surface area (Å²) < 4.78 is 49.3. The van der Waals surface area contributed by atoms with Gasteiger partial charge < -0.3 is 5.32 Å². The molecule has 6 heteroatoms. The molecule has 0 aliphatic heterocycles. The SMILES string of the molecule is CCCNC(CCS(C)(=O)=O)c1cccc(F)c1F. The summed E-state index contributed by atoms with van der Waals surface area (Å²) >= 11 is 0. The van der Waals surface area contributed by atoms with Crippen molar-refractivity contribution in [3.05, 3.63) is 35.4 Å². The zero-order valence-electron chi connectivity index (χ0n) is 11.1. The van der Waals surface area contributed by atoms with Gasteiger partial charge in [0, 0.05) is 17.9 Å². The Morgan fingerprint density at radius 2 is 2.00 bits per heavy atom. The lowest BCUT2D eigenvalue weighted by Crippen LogP contribution is -2.25. The molecule has 0 radical (unpaired) electrons. The Bertz CT molecular complexity index is 517. The van der Waals surface area contributed by atoms with Gasteiger partial charge in [-0.05, 0) is 25.5 Å². The van der Waals surface area contributed by atoms with E-state index in [0.717, 1.165) is 18.7 Å². The maximum absolute atomic E-state index is 13.7. The monoisotopic (exact) mass is 291 g/mol. The van der Waals surface area contributed by atoms with Crippen molar-refractivity contribution in [3.8, 4) is 0 Å². The summed E-state index contributed by atoms with van der Waals surface area (Å²) in [5, 5.41) is 3.06. The first-order valence-corrected chi connectivity index (χ1v) is 8.26.